The number of benzene rings is 1. The van der Waals surface area contributed by atoms with Crippen LogP contribution >= 0.6 is 0 Å². The Kier molecular flexibility index (Phi) is 2.76. The van der Waals surface area contributed by atoms with E-state index in [2.05, 4.69) is 6.07 Å². The fourth-order valence-electron chi connectivity index (χ4n) is 2.14. The number of carbonyl (C=O) groups is 1. The van der Waals surface area contributed by atoms with Crippen LogP contribution in [0.15, 0.2) is 18.2 Å². The Morgan fingerprint density at radius 1 is 1.29 bits per heavy atom. The second-order valence-corrected chi connectivity index (χ2v) is 4.15. The van der Waals surface area contributed by atoms with Crippen molar-refractivity contribution in [1.82, 2.24) is 0 Å². The van der Waals surface area contributed by atoms with Gasteiger partial charge in [0.2, 0.25) is 0 Å². The molecule has 1 aromatic rings. The molecule has 0 bridgehead atoms. The quantitative estimate of drug-likeness (QED) is 0.796. The highest BCUT2D eigenvalue weighted by atomic mass is 16.5. The van der Waals surface area contributed by atoms with E-state index in [1.807, 2.05) is 0 Å². The number of ketones is 1. The standard InChI is InChI=1S/C13H13NO3/c1-16-10-3-4-12(17-2)11(5-10)13(8-14)6-9(15)7-13/h3-5H,6-7H2,1-2H3. The molecule has 1 aliphatic carbocycles. The van der Waals surface area contributed by atoms with Crippen molar-refractivity contribution < 1.29 is 14.3 Å². The number of nitrogens with zero attached hydrogens (tertiary/aromatic N) is 1. The van der Waals surface area contributed by atoms with Crippen LogP contribution in [0.4, 0.5) is 0 Å². The van der Waals surface area contributed by atoms with E-state index in [1.165, 1.54) is 0 Å². The lowest BCUT2D eigenvalue weighted by Crippen LogP contribution is -2.40. The molecular formula is C13H13NO3. The van der Waals surface area contributed by atoms with Gasteiger partial charge in [0.1, 0.15) is 17.3 Å². The van der Waals surface area contributed by atoms with Crippen molar-refractivity contribution in [2.45, 2.75) is 18.3 Å². The summed E-state index contributed by atoms with van der Waals surface area (Å²) in [5, 5.41) is 9.29. The normalized spacial score (nSPS) is 16.9. The molecule has 1 fully saturated rings. The van der Waals surface area contributed by atoms with Crippen molar-refractivity contribution in [3.05, 3.63) is 23.8 Å². The Bertz CT molecular complexity index is 494. The van der Waals surface area contributed by atoms with Crippen LogP contribution in [0.1, 0.15) is 18.4 Å². The smallest absolute Gasteiger partial charge is 0.136 e. The van der Waals surface area contributed by atoms with E-state index in [0.29, 0.717) is 11.5 Å². The van der Waals surface area contributed by atoms with Gasteiger partial charge in [-0.3, -0.25) is 4.79 Å². The van der Waals surface area contributed by atoms with Crippen LogP contribution in [0.3, 0.4) is 0 Å². The van der Waals surface area contributed by atoms with Crippen molar-refractivity contribution >= 4 is 5.78 Å². The van der Waals surface area contributed by atoms with Gasteiger partial charge in [-0.25, -0.2) is 0 Å². The van der Waals surface area contributed by atoms with E-state index >= 15 is 0 Å². The molecule has 4 nitrogen and oxygen atoms in total. The minimum atomic E-state index is -0.739. The summed E-state index contributed by atoms with van der Waals surface area (Å²) in [6, 6.07) is 7.54. The fourth-order valence-corrected chi connectivity index (χ4v) is 2.14. The van der Waals surface area contributed by atoms with Crippen molar-refractivity contribution in [1.29, 1.82) is 5.26 Å². The van der Waals surface area contributed by atoms with Gasteiger partial charge in [-0.2, -0.15) is 5.26 Å². The molecule has 4 heteroatoms. The highest BCUT2D eigenvalue weighted by molar-refractivity contribution is 5.90. The Labute approximate surface area is 99.8 Å². The SMILES string of the molecule is COc1ccc(OC)c(C2(C#N)CC(=O)C2)c1. The van der Waals surface area contributed by atoms with Crippen LogP contribution in [0.25, 0.3) is 0 Å². The fraction of sp³-hybridized carbons (Fsp3) is 0.385. The van der Waals surface area contributed by atoms with Gasteiger partial charge in [-0.1, -0.05) is 0 Å². The molecule has 1 aromatic carbocycles. The number of Topliss-reactive ketones (excluding diaryl/α,β-unsaturated/α-hetero) is 1. The van der Waals surface area contributed by atoms with E-state index in [4.69, 9.17) is 9.47 Å². The van der Waals surface area contributed by atoms with E-state index in [0.717, 1.165) is 5.56 Å². The van der Waals surface area contributed by atoms with Gasteiger partial charge in [-0.15, -0.1) is 0 Å². The first kappa shape index (κ1) is 11.5. The highest BCUT2D eigenvalue weighted by Gasteiger charge is 2.47. The Morgan fingerprint density at radius 2 is 2.00 bits per heavy atom. The summed E-state index contributed by atoms with van der Waals surface area (Å²) in [5.74, 6) is 1.39. The Morgan fingerprint density at radius 3 is 2.47 bits per heavy atom. The van der Waals surface area contributed by atoms with Crippen molar-refractivity contribution in [2.24, 2.45) is 0 Å². The van der Waals surface area contributed by atoms with Gasteiger partial charge in [-0.05, 0) is 18.2 Å². The van der Waals surface area contributed by atoms with Crippen molar-refractivity contribution in [3.63, 3.8) is 0 Å². The first-order valence-electron chi connectivity index (χ1n) is 5.30. The van der Waals surface area contributed by atoms with Gasteiger partial charge in [0.15, 0.2) is 0 Å². The monoisotopic (exact) mass is 231 g/mol. The number of hydrogen-bond donors (Lipinski definition) is 0. The predicted octanol–water partition coefficient (Wildman–Crippen LogP) is 1.83. The Hall–Kier alpha value is -2.02. The maximum Gasteiger partial charge on any atom is 0.136 e. The number of hydrogen-bond acceptors (Lipinski definition) is 4. The molecule has 0 N–H and O–H groups in total. The molecule has 0 atom stereocenters. The third kappa shape index (κ3) is 1.74. The molecule has 0 amide bonds. The first-order valence-corrected chi connectivity index (χ1v) is 5.30. The van der Waals surface area contributed by atoms with E-state index in [9.17, 15) is 10.1 Å². The van der Waals surface area contributed by atoms with Crippen LogP contribution in [0.5, 0.6) is 11.5 Å². The topological polar surface area (TPSA) is 59.3 Å². The van der Waals surface area contributed by atoms with Crippen LogP contribution < -0.4 is 9.47 Å². The molecule has 0 aliphatic heterocycles. The van der Waals surface area contributed by atoms with Crippen LogP contribution in [-0.4, -0.2) is 20.0 Å². The molecule has 0 heterocycles. The summed E-state index contributed by atoms with van der Waals surface area (Å²) in [6.45, 7) is 0. The number of rotatable bonds is 3. The van der Waals surface area contributed by atoms with Crippen LogP contribution in [-0.2, 0) is 10.2 Å². The van der Waals surface area contributed by atoms with Crippen LogP contribution in [0.2, 0.25) is 0 Å². The minimum Gasteiger partial charge on any atom is -0.497 e. The number of carbonyl (C=O) groups excluding carboxylic acids is 1. The number of nitriles is 1. The zero-order valence-corrected chi connectivity index (χ0v) is 9.82. The molecule has 0 unspecified atom stereocenters. The summed E-state index contributed by atoms with van der Waals surface area (Å²) >= 11 is 0. The summed E-state index contributed by atoms with van der Waals surface area (Å²) in [5.41, 5.74) is -0.00167. The molecule has 17 heavy (non-hydrogen) atoms. The van der Waals surface area contributed by atoms with Crippen molar-refractivity contribution in [3.8, 4) is 17.6 Å². The maximum absolute atomic E-state index is 11.2. The summed E-state index contributed by atoms with van der Waals surface area (Å²) in [4.78, 5) is 11.2. The van der Waals surface area contributed by atoms with Crippen LogP contribution in [0, 0.1) is 11.3 Å². The first-order chi connectivity index (χ1) is 8.15. The molecule has 1 aliphatic rings. The molecule has 2 rings (SSSR count). The Balaban J connectivity index is 2.49. The summed E-state index contributed by atoms with van der Waals surface area (Å²) < 4.78 is 10.4. The largest absolute Gasteiger partial charge is 0.497 e. The average molecular weight is 231 g/mol. The minimum absolute atomic E-state index is 0.108. The molecule has 0 radical (unpaired) electrons. The lowest BCUT2D eigenvalue weighted by molar-refractivity contribution is -0.126. The van der Waals surface area contributed by atoms with Gasteiger partial charge in [0.25, 0.3) is 0 Å². The molecule has 0 spiro atoms. The highest BCUT2D eigenvalue weighted by Crippen LogP contribution is 2.45. The van der Waals surface area contributed by atoms with Gasteiger partial charge in [0, 0.05) is 18.4 Å². The molecule has 1 saturated carbocycles. The summed E-state index contributed by atoms with van der Waals surface area (Å²) in [7, 11) is 3.12. The number of methoxy groups -OCH3 is 2. The molecule has 0 saturated heterocycles. The average Bonchev–Trinajstić information content (AvgIpc) is 2.34. The maximum atomic E-state index is 11.2. The molecule has 0 aromatic heterocycles. The molecular weight excluding hydrogens is 218 g/mol. The number of ether oxygens (including phenoxy) is 2. The second kappa shape index (κ2) is 4.10. The van der Waals surface area contributed by atoms with Gasteiger partial charge >= 0.3 is 0 Å². The summed E-state index contributed by atoms with van der Waals surface area (Å²) in [6.07, 6.45) is 0.514. The third-order valence-corrected chi connectivity index (χ3v) is 3.13. The zero-order valence-electron chi connectivity index (χ0n) is 9.82. The second-order valence-electron chi connectivity index (χ2n) is 4.15. The van der Waals surface area contributed by atoms with Crippen molar-refractivity contribution in [2.75, 3.05) is 14.2 Å². The van der Waals surface area contributed by atoms with E-state index in [1.54, 1.807) is 32.4 Å². The lowest BCUT2D eigenvalue weighted by atomic mass is 9.64. The zero-order chi connectivity index (χ0) is 12.5. The van der Waals surface area contributed by atoms with Gasteiger partial charge in [0.05, 0.1) is 25.7 Å². The van der Waals surface area contributed by atoms with Gasteiger partial charge < -0.3 is 9.47 Å². The third-order valence-electron chi connectivity index (χ3n) is 3.13. The predicted molar refractivity (Wildman–Crippen MR) is 61.1 cm³/mol. The lowest BCUT2D eigenvalue weighted by Gasteiger charge is -2.35. The van der Waals surface area contributed by atoms with E-state index < -0.39 is 5.41 Å². The molecule has 88 valence electrons. The van der Waals surface area contributed by atoms with E-state index in [-0.39, 0.29) is 18.6 Å².